The molecule has 10 heteroatoms. The first-order valence-corrected chi connectivity index (χ1v) is 23.2. The monoisotopic (exact) mass is 837 g/mol. The van der Waals surface area contributed by atoms with Crippen molar-refractivity contribution >= 4 is 23.9 Å². The highest BCUT2D eigenvalue weighted by Gasteiger charge is 2.45. The van der Waals surface area contributed by atoms with Crippen LogP contribution in [-0.2, 0) is 38.1 Å². The Balaban J connectivity index is 1.11. The van der Waals surface area contributed by atoms with Crippen LogP contribution in [0, 0.1) is 58.2 Å². The largest absolute Gasteiger partial charge is 0.462 e. The Kier molecular flexibility index (Phi) is 16.2. The maximum Gasteiger partial charge on any atom is 0.311 e. The molecule has 14 atom stereocenters. The van der Waals surface area contributed by atoms with Crippen LogP contribution in [0.4, 0.5) is 0 Å². The minimum atomic E-state index is -1.11. The maximum atomic E-state index is 13.2. The van der Waals surface area contributed by atoms with Crippen LogP contribution in [0.2, 0.25) is 0 Å². The van der Waals surface area contributed by atoms with Crippen molar-refractivity contribution < 1.29 is 48.3 Å². The van der Waals surface area contributed by atoms with Crippen molar-refractivity contribution in [3.8, 4) is 0 Å². The summed E-state index contributed by atoms with van der Waals surface area (Å²) < 4.78 is 24.0. The lowest BCUT2D eigenvalue weighted by atomic mass is 9.65. The van der Waals surface area contributed by atoms with Crippen molar-refractivity contribution in [2.75, 3.05) is 0 Å². The second-order valence-electron chi connectivity index (χ2n) is 20.5. The van der Waals surface area contributed by atoms with Crippen LogP contribution in [0.15, 0.2) is 47.6 Å². The third-order valence-electron chi connectivity index (χ3n) is 14.7. The van der Waals surface area contributed by atoms with Gasteiger partial charge in [-0.25, -0.2) is 0 Å². The molecule has 0 amide bonds. The van der Waals surface area contributed by atoms with Crippen LogP contribution in [0.3, 0.4) is 0 Å². The number of cyclic esters (lactones) is 1. The van der Waals surface area contributed by atoms with Gasteiger partial charge in [0.15, 0.2) is 0 Å². The van der Waals surface area contributed by atoms with E-state index < -0.39 is 47.2 Å². The average Bonchev–Trinajstić information content (AvgIpc) is 3.16. The number of hydrogen-bond acceptors (Lipinski definition) is 10. The summed E-state index contributed by atoms with van der Waals surface area (Å²) in [7, 11) is 0. The van der Waals surface area contributed by atoms with Gasteiger partial charge in [-0.3, -0.25) is 19.2 Å². The van der Waals surface area contributed by atoms with Gasteiger partial charge >= 0.3 is 23.9 Å². The zero-order valence-corrected chi connectivity index (χ0v) is 38.2. The van der Waals surface area contributed by atoms with Gasteiger partial charge in [-0.2, -0.15) is 0 Å². The van der Waals surface area contributed by atoms with Crippen molar-refractivity contribution in [3.05, 3.63) is 47.6 Å². The molecule has 0 bridgehead atoms. The molecule has 1 aliphatic heterocycles. The predicted octanol–water partition coefficient (Wildman–Crippen LogP) is 9.17. The van der Waals surface area contributed by atoms with Gasteiger partial charge in [0.25, 0.3) is 0 Å². The van der Waals surface area contributed by atoms with E-state index in [2.05, 4.69) is 64.2 Å². The quantitative estimate of drug-likeness (QED) is 0.107. The molecule has 2 N–H and O–H groups in total. The molecule has 60 heavy (non-hydrogen) atoms. The lowest BCUT2D eigenvalue weighted by Crippen LogP contribution is -2.43. The average molecular weight is 837 g/mol. The SMILES string of the molecule is CCC(C)(C)C(=O)O[C@H]1C[C@@H](C)C=C2C=C[C@H](C)[C@H](CC[C@@H]3C[C@@H](OC(=O)C[C@H](O)C[C@H](O)CC[C@@H]4[C@@H]5C(=C[C@H](C)C[C@@H]5OC(=O)C(C)(C)CC)C=C[C@@H]4C)CC(=O)O3)[C@@H]21. The Hall–Kier alpha value is -3.24. The van der Waals surface area contributed by atoms with E-state index in [1.165, 1.54) is 11.1 Å². The molecule has 0 aromatic rings. The number of hydrogen-bond donors (Lipinski definition) is 2. The van der Waals surface area contributed by atoms with Crippen LogP contribution < -0.4 is 0 Å². The van der Waals surface area contributed by atoms with E-state index in [0.29, 0.717) is 38.5 Å². The van der Waals surface area contributed by atoms with E-state index in [1.807, 2.05) is 41.5 Å². The Morgan fingerprint density at radius 2 is 1.23 bits per heavy atom. The smallest absolute Gasteiger partial charge is 0.311 e. The second-order valence-corrected chi connectivity index (χ2v) is 20.5. The molecule has 4 aliphatic carbocycles. The standard InChI is InChI=1S/C50H76O10/c1-11-49(7,8)47(55)59-41-23-29(3)21-33-15-13-31(5)39(45(33)41)19-17-35(51)25-36(52)26-43(53)58-38-27-37(57-44(54)28-38)18-20-40-32(6)14-16-34-22-30(4)24-42(46(34)40)60-48(56)50(9,10)12-2/h13-16,21-22,29-32,35-42,45-46,51-52H,11-12,17-20,23-28H2,1-10H3/t29-,30-,31-,32-,35+,36+,37+,38+,39-,40-,41-,42-,45-,46+/m0/s1. The molecule has 5 rings (SSSR count). The van der Waals surface area contributed by atoms with E-state index in [1.54, 1.807) is 0 Å². The molecule has 336 valence electrons. The lowest BCUT2D eigenvalue weighted by molar-refractivity contribution is -0.172. The van der Waals surface area contributed by atoms with Crippen LogP contribution in [0.5, 0.6) is 0 Å². The van der Waals surface area contributed by atoms with E-state index >= 15 is 0 Å². The molecular formula is C50H76O10. The summed E-state index contributed by atoms with van der Waals surface area (Å²) in [5.74, 6) is 0.0528. The van der Waals surface area contributed by atoms with Crippen molar-refractivity contribution in [1.82, 2.24) is 0 Å². The second kappa shape index (κ2) is 20.3. The Morgan fingerprint density at radius 3 is 1.73 bits per heavy atom. The number of allylic oxidation sites excluding steroid dienone is 6. The van der Waals surface area contributed by atoms with Gasteiger partial charge in [0.1, 0.15) is 24.4 Å². The highest BCUT2D eigenvalue weighted by Crippen LogP contribution is 2.47. The van der Waals surface area contributed by atoms with Crippen molar-refractivity contribution in [2.45, 2.75) is 183 Å². The minimum absolute atomic E-state index is 0.0194. The summed E-state index contributed by atoms with van der Waals surface area (Å²) in [5.41, 5.74) is 1.26. The van der Waals surface area contributed by atoms with Crippen LogP contribution in [-0.4, -0.2) is 70.7 Å². The van der Waals surface area contributed by atoms with E-state index in [9.17, 15) is 29.4 Å². The number of rotatable bonds is 17. The summed E-state index contributed by atoms with van der Waals surface area (Å²) >= 11 is 0. The number of carbonyl (C=O) groups is 4. The molecule has 5 aliphatic rings. The van der Waals surface area contributed by atoms with Crippen molar-refractivity contribution in [1.29, 1.82) is 0 Å². The molecule has 10 nitrogen and oxygen atoms in total. The fourth-order valence-corrected chi connectivity index (χ4v) is 10.1. The fourth-order valence-electron chi connectivity index (χ4n) is 10.1. The predicted molar refractivity (Wildman–Crippen MR) is 231 cm³/mol. The molecule has 0 saturated carbocycles. The van der Waals surface area contributed by atoms with Gasteiger partial charge < -0.3 is 29.2 Å². The third kappa shape index (κ3) is 12.0. The Morgan fingerprint density at radius 1 is 0.733 bits per heavy atom. The molecule has 0 aromatic heterocycles. The van der Waals surface area contributed by atoms with Crippen LogP contribution in [0.25, 0.3) is 0 Å². The highest BCUT2D eigenvalue weighted by molar-refractivity contribution is 5.76. The van der Waals surface area contributed by atoms with Gasteiger partial charge in [-0.05, 0) is 132 Å². The van der Waals surface area contributed by atoms with Gasteiger partial charge in [-0.1, -0.05) is 78.0 Å². The van der Waals surface area contributed by atoms with E-state index in [-0.39, 0.29) is 90.8 Å². The number of carbonyl (C=O) groups excluding carboxylic acids is 4. The third-order valence-corrected chi connectivity index (χ3v) is 14.7. The Bertz CT molecular complexity index is 1650. The molecule has 1 heterocycles. The first kappa shape index (κ1) is 47.8. The van der Waals surface area contributed by atoms with E-state index in [0.717, 1.165) is 19.3 Å². The van der Waals surface area contributed by atoms with Crippen LogP contribution >= 0.6 is 0 Å². The highest BCUT2D eigenvalue weighted by atomic mass is 16.6. The first-order valence-electron chi connectivity index (χ1n) is 23.2. The summed E-state index contributed by atoms with van der Waals surface area (Å²) in [6.07, 6.45) is 15.2. The summed E-state index contributed by atoms with van der Waals surface area (Å²) in [6.45, 7) is 20.3. The number of esters is 4. The van der Waals surface area contributed by atoms with Gasteiger partial charge in [0.05, 0.1) is 35.9 Å². The number of fused-ring (bicyclic) bond motifs is 2. The molecular weight excluding hydrogens is 761 g/mol. The van der Waals surface area contributed by atoms with Crippen molar-refractivity contribution in [3.63, 3.8) is 0 Å². The topological polar surface area (TPSA) is 146 Å². The lowest BCUT2D eigenvalue weighted by Gasteiger charge is -2.44. The summed E-state index contributed by atoms with van der Waals surface area (Å²) in [5, 5.41) is 22.0. The molecule has 1 fully saturated rings. The van der Waals surface area contributed by atoms with Crippen LogP contribution in [0.1, 0.15) is 146 Å². The zero-order valence-electron chi connectivity index (χ0n) is 38.2. The number of ether oxygens (including phenoxy) is 4. The number of aliphatic hydroxyl groups is 2. The molecule has 1 saturated heterocycles. The first-order chi connectivity index (χ1) is 28.2. The minimum Gasteiger partial charge on any atom is -0.462 e. The van der Waals surface area contributed by atoms with Gasteiger partial charge in [-0.15, -0.1) is 0 Å². The summed E-state index contributed by atoms with van der Waals surface area (Å²) in [4.78, 5) is 52.3. The molecule has 0 aromatic carbocycles. The molecule has 0 unspecified atom stereocenters. The summed E-state index contributed by atoms with van der Waals surface area (Å²) in [6, 6.07) is 0. The fraction of sp³-hybridized carbons (Fsp3) is 0.760. The van der Waals surface area contributed by atoms with Gasteiger partial charge in [0.2, 0.25) is 0 Å². The van der Waals surface area contributed by atoms with Crippen molar-refractivity contribution in [2.24, 2.45) is 58.2 Å². The van der Waals surface area contributed by atoms with E-state index in [4.69, 9.17) is 18.9 Å². The number of aliphatic hydroxyl groups excluding tert-OH is 2. The maximum absolute atomic E-state index is 13.2. The normalized spacial score (nSPS) is 33.9. The molecule has 0 spiro atoms. The molecule has 0 radical (unpaired) electrons. The van der Waals surface area contributed by atoms with Gasteiger partial charge in [0, 0.05) is 18.3 Å². The Labute approximate surface area is 360 Å². The zero-order chi connectivity index (χ0) is 44.1.